The largest absolute Gasteiger partial charge is 0.449 e. The number of ether oxygens (including phenoxy) is 1. The standard InChI is InChI=1S/C30H32ClFN7O6P/c1-43-46(42,44-2)15-14-45-30(41)36-27-11-10-24(18-26(27)32)33-19-25(16-21-6-4-3-5-7-21)35-29(40)13-8-22-17-23(31)9-12-28(22)39-20-34-37-38-39/h3-13,17-18,20,25,33H,14-16,19H2,1-2H3,(H,35,40)(H,36,41)/b13-8+/t25-/m0/s1. The van der Waals surface area contributed by atoms with Crippen molar-refractivity contribution in [2.75, 3.05) is 44.2 Å². The van der Waals surface area contributed by atoms with Crippen molar-refractivity contribution < 1.29 is 32.3 Å². The lowest BCUT2D eigenvalue weighted by Crippen LogP contribution is -2.40. The van der Waals surface area contributed by atoms with Crippen LogP contribution in [-0.2, 0) is 29.6 Å². The van der Waals surface area contributed by atoms with Crippen LogP contribution in [0.1, 0.15) is 11.1 Å². The number of nitrogens with one attached hydrogen (secondary N) is 3. The monoisotopic (exact) mass is 671 g/mol. The van der Waals surface area contributed by atoms with E-state index in [1.807, 2.05) is 30.3 Å². The van der Waals surface area contributed by atoms with Gasteiger partial charge in [-0.2, -0.15) is 4.68 Å². The van der Waals surface area contributed by atoms with Gasteiger partial charge in [-0.25, -0.2) is 9.18 Å². The van der Waals surface area contributed by atoms with Crippen LogP contribution in [-0.4, -0.2) is 71.8 Å². The summed E-state index contributed by atoms with van der Waals surface area (Å²) in [5.41, 5.74) is 2.57. The molecule has 3 aromatic carbocycles. The Morgan fingerprint density at radius 3 is 2.57 bits per heavy atom. The third-order valence-corrected chi connectivity index (χ3v) is 8.66. The molecule has 242 valence electrons. The zero-order chi connectivity index (χ0) is 32.9. The predicted octanol–water partition coefficient (Wildman–Crippen LogP) is 5.34. The molecule has 0 unspecified atom stereocenters. The van der Waals surface area contributed by atoms with Gasteiger partial charge in [0.2, 0.25) is 5.91 Å². The van der Waals surface area contributed by atoms with Crippen LogP contribution in [0.25, 0.3) is 11.8 Å². The van der Waals surface area contributed by atoms with Gasteiger partial charge >= 0.3 is 13.7 Å². The Kier molecular flexibility index (Phi) is 12.4. The molecule has 0 saturated carbocycles. The van der Waals surface area contributed by atoms with E-state index in [4.69, 9.17) is 25.4 Å². The first kappa shape index (κ1) is 34.3. The molecule has 0 saturated heterocycles. The van der Waals surface area contributed by atoms with Crippen LogP contribution in [0.2, 0.25) is 5.02 Å². The minimum absolute atomic E-state index is 0.112. The highest BCUT2D eigenvalue weighted by Crippen LogP contribution is 2.45. The van der Waals surface area contributed by atoms with Crippen molar-refractivity contribution in [2.24, 2.45) is 0 Å². The Bertz CT molecular complexity index is 1690. The molecule has 0 radical (unpaired) electrons. The van der Waals surface area contributed by atoms with Crippen LogP contribution in [0.3, 0.4) is 0 Å². The Hall–Kier alpha value is -4.62. The summed E-state index contributed by atoms with van der Waals surface area (Å²) < 4.78 is 42.9. The molecule has 0 fully saturated rings. The number of carbonyl (C=O) groups is 2. The lowest BCUT2D eigenvalue weighted by molar-refractivity contribution is -0.117. The maximum atomic E-state index is 14.8. The van der Waals surface area contributed by atoms with E-state index in [0.29, 0.717) is 28.4 Å². The van der Waals surface area contributed by atoms with Gasteiger partial charge in [0.15, 0.2) is 0 Å². The summed E-state index contributed by atoms with van der Waals surface area (Å²) in [5, 5.41) is 20.1. The van der Waals surface area contributed by atoms with E-state index in [9.17, 15) is 18.5 Å². The van der Waals surface area contributed by atoms with Crippen LogP contribution in [0.5, 0.6) is 0 Å². The van der Waals surface area contributed by atoms with Gasteiger partial charge in [0.25, 0.3) is 0 Å². The quantitative estimate of drug-likeness (QED) is 0.111. The fraction of sp³-hybridized carbons (Fsp3) is 0.233. The minimum Gasteiger partial charge on any atom is -0.449 e. The molecule has 0 aliphatic rings. The first-order valence-electron chi connectivity index (χ1n) is 13.9. The van der Waals surface area contributed by atoms with Crippen molar-refractivity contribution in [3.63, 3.8) is 0 Å². The van der Waals surface area contributed by atoms with Crippen molar-refractivity contribution in [3.8, 4) is 5.69 Å². The molecule has 1 aromatic heterocycles. The van der Waals surface area contributed by atoms with Gasteiger partial charge in [-0.3, -0.25) is 14.7 Å². The number of hydrogen-bond acceptors (Lipinski definition) is 10. The second kappa shape index (κ2) is 16.6. The highest BCUT2D eigenvalue weighted by Gasteiger charge is 2.21. The fourth-order valence-corrected chi connectivity index (χ4v) is 5.26. The molecular formula is C30H32ClFN7O6P. The molecule has 0 aliphatic carbocycles. The van der Waals surface area contributed by atoms with Gasteiger partial charge < -0.3 is 24.4 Å². The second-order valence-electron chi connectivity index (χ2n) is 9.72. The van der Waals surface area contributed by atoms with Crippen LogP contribution in [0, 0.1) is 5.82 Å². The van der Waals surface area contributed by atoms with Gasteiger partial charge in [0, 0.05) is 43.1 Å². The molecule has 0 spiro atoms. The number of tetrazole rings is 1. The number of halogens is 2. The van der Waals surface area contributed by atoms with Crippen molar-refractivity contribution in [3.05, 3.63) is 101 Å². The van der Waals surface area contributed by atoms with Crippen LogP contribution >= 0.6 is 19.2 Å². The summed E-state index contributed by atoms with van der Waals surface area (Å²) >= 11 is 6.18. The number of benzene rings is 3. The molecule has 4 aromatic rings. The van der Waals surface area contributed by atoms with Crippen molar-refractivity contribution in [1.82, 2.24) is 25.5 Å². The van der Waals surface area contributed by atoms with E-state index >= 15 is 0 Å². The van der Waals surface area contributed by atoms with E-state index in [1.165, 1.54) is 43.4 Å². The number of anilines is 2. The van der Waals surface area contributed by atoms with Gasteiger partial charge in [-0.05, 0) is 64.9 Å². The molecule has 2 amide bonds. The van der Waals surface area contributed by atoms with Gasteiger partial charge in [0.1, 0.15) is 18.8 Å². The molecule has 46 heavy (non-hydrogen) atoms. The third-order valence-electron chi connectivity index (χ3n) is 6.58. The molecule has 3 N–H and O–H groups in total. The van der Waals surface area contributed by atoms with E-state index in [1.54, 1.807) is 30.3 Å². The highest BCUT2D eigenvalue weighted by atomic mass is 35.5. The van der Waals surface area contributed by atoms with E-state index in [0.717, 1.165) is 5.56 Å². The topological polar surface area (TPSA) is 159 Å². The number of amides is 2. The van der Waals surface area contributed by atoms with Crippen molar-refractivity contribution >= 4 is 48.6 Å². The molecule has 4 rings (SSSR count). The number of aromatic nitrogens is 4. The molecular weight excluding hydrogens is 640 g/mol. The fourth-order valence-electron chi connectivity index (χ4n) is 4.25. The number of carbonyl (C=O) groups excluding carboxylic acids is 2. The lowest BCUT2D eigenvalue weighted by Gasteiger charge is -2.20. The lowest BCUT2D eigenvalue weighted by atomic mass is 10.1. The van der Waals surface area contributed by atoms with E-state index in [-0.39, 0.29) is 36.9 Å². The second-order valence-corrected chi connectivity index (χ2v) is 12.6. The molecule has 1 heterocycles. The Morgan fingerprint density at radius 2 is 1.87 bits per heavy atom. The van der Waals surface area contributed by atoms with Gasteiger partial charge in [0.05, 0.1) is 23.6 Å². The SMILES string of the molecule is COP(=O)(CCOC(=O)Nc1ccc(NC[C@H](Cc2ccccc2)NC(=O)/C=C/c2cc(Cl)ccc2-n2cnnn2)cc1F)OC. The van der Waals surface area contributed by atoms with Crippen molar-refractivity contribution in [1.29, 1.82) is 0 Å². The third kappa shape index (κ3) is 10.2. The Morgan fingerprint density at radius 1 is 1.09 bits per heavy atom. The first-order chi connectivity index (χ1) is 22.2. The number of hydrogen-bond donors (Lipinski definition) is 3. The zero-order valence-corrected chi connectivity index (χ0v) is 26.6. The predicted molar refractivity (Wildman–Crippen MR) is 172 cm³/mol. The molecule has 1 atom stereocenters. The average Bonchev–Trinajstić information content (AvgIpc) is 3.59. The summed E-state index contributed by atoms with van der Waals surface area (Å²) in [6.45, 7) is 0.00411. The maximum absolute atomic E-state index is 14.8. The van der Waals surface area contributed by atoms with Crippen molar-refractivity contribution in [2.45, 2.75) is 12.5 Å². The molecule has 13 nitrogen and oxygen atoms in total. The Labute approximate surface area is 269 Å². The summed E-state index contributed by atoms with van der Waals surface area (Å²) in [7, 11) is -0.896. The number of rotatable bonds is 15. The van der Waals surface area contributed by atoms with E-state index in [2.05, 4.69) is 31.5 Å². The maximum Gasteiger partial charge on any atom is 0.411 e. The first-order valence-corrected chi connectivity index (χ1v) is 16.0. The molecule has 0 aliphatic heterocycles. The summed E-state index contributed by atoms with van der Waals surface area (Å²) in [4.78, 5) is 25.1. The van der Waals surface area contributed by atoms with Crippen LogP contribution in [0.4, 0.5) is 20.6 Å². The molecule has 16 heteroatoms. The summed E-state index contributed by atoms with van der Waals surface area (Å²) in [5.74, 6) is -1.07. The van der Waals surface area contributed by atoms with E-state index < -0.39 is 19.5 Å². The minimum atomic E-state index is -3.34. The smallest absolute Gasteiger partial charge is 0.411 e. The normalized spacial score (nSPS) is 12.1. The Balaban J connectivity index is 1.38. The van der Waals surface area contributed by atoms with Crippen LogP contribution in [0.15, 0.2) is 79.1 Å². The average molecular weight is 672 g/mol. The van der Waals surface area contributed by atoms with Gasteiger partial charge in [-0.1, -0.05) is 41.9 Å². The zero-order valence-electron chi connectivity index (χ0n) is 24.9. The molecule has 0 bridgehead atoms. The summed E-state index contributed by atoms with van der Waals surface area (Å²) in [6.07, 6.45) is 3.85. The highest BCUT2D eigenvalue weighted by molar-refractivity contribution is 7.53. The summed E-state index contributed by atoms with van der Waals surface area (Å²) in [6, 6.07) is 18.5. The van der Waals surface area contributed by atoms with Crippen LogP contribution < -0.4 is 16.0 Å². The number of nitrogens with zero attached hydrogens (tertiary/aromatic N) is 4. The van der Waals surface area contributed by atoms with Gasteiger partial charge in [-0.15, -0.1) is 5.10 Å².